The largest absolute Gasteiger partial charge is 0.493 e. The van der Waals surface area contributed by atoms with E-state index in [1.807, 2.05) is 43.3 Å². The quantitative estimate of drug-likeness (QED) is 0.569. The molecule has 1 atom stereocenters. The standard InChI is InChI=1S/C19H22O4/c1-5-21-17-10-11-18(16-9-7-6-8-15(16)17)22-12-14(4)23-19(20)13(2)3/h6-11,14H,2,5,12H2,1,3-4H3. The fourth-order valence-corrected chi connectivity index (χ4v) is 2.18. The van der Waals surface area contributed by atoms with E-state index < -0.39 is 5.97 Å². The predicted molar refractivity (Wildman–Crippen MR) is 91.0 cm³/mol. The number of ether oxygens (including phenoxy) is 3. The summed E-state index contributed by atoms with van der Waals surface area (Å²) in [6.45, 7) is 9.81. The SMILES string of the molecule is C=C(C)C(=O)OC(C)COc1ccc(OCC)c2ccccc12. The molecule has 2 aromatic rings. The minimum Gasteiger partial charge on any atom is -0.493 e. The van der Waals surface area contributed by atoms with Crippen LogP contribution in [0.1, 0.15) is 20.8 Å². The molecule has 0 saturated heterocycles. The second-order valence-corrected chi connectivity index (χ2v) is 5.35. The first-order valence-electron chi connectivity index (χ1n) is 7.66. The number of esters is 1. The highest BCUT2D eigenvalue weighted by molar-refractivity contribution is 5.93. The second kappa shape index (κ2) is 7.68. The lowest BCUT2D eigenvalue weighted by molar-refractivity contribution is -0.144. The fraction of sp³-hybridized carbons (Fsp3) is 0.316. The molecule has 2 aromatic carbocycles. The molecule has 4 heteroatoms. The van der Waals surface area contributed by atoms with Crippen molar-refractivity contribution < 1.29 is 19.0 Å². The summed E-state index contributed by atoms with van der Waals surface area (Å²) in [5.41, 5.74) is 0.378. The van der Waals surface area contributed by atoms with Gasteiger partial charge < -0.3 is 14.2 Å². The number of fused-ring (bicyclic) bond motifs is 1. The zero-order chi connectivity index (χ0) is 16.8. The summed E-state index contributed by atoms with van der Waals surface area (Å²) in [7, 11) is 0. The predicted octanol–water partition coefficient (Wildman–Crippen LogP) is 4.13. The van der Waals surface area contributed by atoms with Crippen LogP contribution in [0.15, 0.2) is 48.6 Å². The molecule has 4 nitrogen and oxygen atoms in total. The summed E-state index contributed by atoms with van der Waals surface area (Å²) < 4.78 is 16.7. The molecule has 0 saturated carbocycles. The van der Waals surface area contributed by atoms with Crippen molar-refractivity contribution in [2.45, 2.75) is 26.9 Å². The van der Waals surface area contributed by atoms with Crippen LogP contribution in [-0.4, -0.2) is 25.3 Å². The molecular weight excluding hydrogens is 292 g/mol. The first kappa shape index (κ1) is 16.9. The van der Waals surface area contributed by atoms with Gasteiger partial charge in [0.1, 0.15) is 24.2 Å². The van der Waals surface area contributed by atoms with Gasteiger partial charge in [0.15, 0.2) is 0 Å². The van der Waals surface area contributed by atoms with Gasteiger partial charge in [-0.3, -0.25) is 0 Å². The Bertz CT molecular complexity index is 706. The average Bonchev–Trinajstić information content (AvgIpc) is 2.54. The van der Waals surface area contributed by atoms with Crippen LogP contribution in [0, 0.1) is 0 Å². The van der Waals surface area contributed by atoms with Crippen LogP contribution in [0.5, 0.6) is 11.5 Å². The minimum absolute atomic E-state index is 0.275. The molecule has 2 rings (SSSR count). The fourth-order valence-electron chi connectivity index (χ4n) is 2.18. The maximum Gasteiger partial charge on any atom is 0.333 e. The van der Waals surface area contributed by atoms with Crippen molar-refractivity contribution >= 4 is 16.7 Å². The number of hydrogen-bond acceptors (Lipinski definition) is 4. The van der Waals surface area contributed by atoms with E-state index in [1.165, 1.54) is 0 Å². The van der Waals surface area contributed by atoms with E-state index >= 15 is 0 Å². The molecule has 0 radical (unpaired) electrons. The van der Waals surface area contributed by atoms with Crippen LogP contribution in [0.4, 0.5) is 0 Å². The Kier molecular flexibility index (Phi) is 5.63. The van der Waals surface area contributed by atoms with Crippen molar-refractivity contribution in [3.63, 3.8) is 0 Å². The number of carbonyl (C=O) groups excluding carboxylic acids is 1. The lowest BCUT2D eigenvalue weighted by Crippen LogP contribution is -2.22. The molecule has 122 valence electrons. The van der Waals surface area contributed by atoms with Gasteiger partial charge in [0.2, 0.25) is 0 Å². The van der Waals surface area contributed by atoms with Crippen molar-refractivity contribution in [1.29, 1.82) is 0 Å². The number of rotatable bonds is 7. The number of carbonyl (C=O) groups is 1. The van der Waals surface area contributed by atoms with E-state index in [4.69, 9.17) is 14.2 Å². The molecule has 1 unspecified atom stereocenters. The van der Waals surface area contributed by atoms with Gasteiger partial charge >= 0.3 is 5.97 Å². The Morgan fingerprint density at radius 1 is 1.09 bits per heavy atom. The molecule has 0 aliphatic rings. The molecule has 23 heavy (non-hydrogen) atoms. The smallest absolute Gasteiger partial charge is 0.333 e. The van der Waals surface area contributed by atoms with Crippen LogP contribution >= 0.6 is 0 Å². The van der Waals surface area contributed by atoms with Gasteiger partial charge in [0.05, 0.1) is 6.61 Å². The van der Waals surface area contributed by atoms with E-state index in [-0.39, 0.29) is 12.7 Å². The molecule has 0 aromatic heterocycles. The average molecular weight is 314 g/mol. The highest BCUT2D eigenvalue weighted by atomic mass is 16.6. The third-order valence-corrected chi connectivity index (χ3v) is 3.27. The van der Waals surface area contributed by atoms with E-state index in [0.29, 0.717) is 12.2 Å². The van der Waals surface area contributed by atoms with Gasteiger partial charge in [0.25, 0.3) is 0 Å². The van der Waals surface area contributed by atoms with Crippen molar-refractivity contribution in [2.24, 2.45) is 0 Å². The number of benzene rings is 2. The summed E-state index contributed by atoms with van der Waals surface area (Å²) in [4.78, 5) is 11.5. The molecule has 0 N–H and O–H groups in total. The van der Waals surface area contributed by atoms with E-state index in [2.05, 4.69) is 6.58 Å². The maximum absolute atomic E-state index is 11.5. The van der Waals surface area contributed by atoms with Gasteiger partial charge in [-0.25, -0.2) is 4.79 Å². The first-order chi connectivity index (χ1) is 11.0. The molecule has 0 spiro atoms. The van der Waals surface area contributed by atoms with Gasteiger partial charge in [-0.15, -0.1) is 0 Å². The minimum atomic E-state index is -0.405. The zero-order valence-corrected chi connectivity index (χ0v) is 13.8. The Morgan fingerprint density at radius 2 is 1.65 bits per heavy atom. The monoisotopic (exact) mass is 314 g/mol. The summed E-state index contributed by atoms with van der Waals surface area (Å²) in [6.07, 6.45) is -0.357. The lowest BCUT2D eigenvalue weighted by atomic mass is 10.1. The third kappa shape index (κ3) is 4.25. The molecule has 0 aliphatic heterocycles. The molecule has 0 aliphatic carbocycles. The molecule has 0 amide bonds. The normalized spacial score (nSPS) is 11.8. The highest BCUT2D eigenvalue weighted by Crippen LogP contribution is 2.33. The van der Waals surface area contributed by atoms with Crippen LogP contribution in [-0.2, 0) is 9.53 Å². The Hall–Kier alpha value is -2.49. The first-order valence-corrected chi connectivity index (χ1v) is 7.66. The summed E-state index contributed by atoms with van der Waals surface area (Å²) in [5, 5.41) is 1.97. The van der Waals surface area contributed by atoms with Crippen LogP contribution in [0.25, 0.3) is 10.8 Å². The second-order valence-electron chi connectivity index (χ2n) is 5.35. The maximum atomic E-state index is 11.5. The Balaban J connectivity index is 2.13. The van der Waals surface area contributed by atoms with Gasteiger partial charge in [0, 0.05) is 16.3 Å². The zero-order valence-electron chi connectivity index (χ0n) is 13.8. The van der Waals surface area contributed by atoms with E-state index in [1.54, 1.807) is 13.8 Å². The lowest BCUT2D eigenvalue weighted by Gasteiger charge is -2.16. The molecule has 0 heterocycles. The van der Waals surface area contributed by atoms with E-state index in [9.17, 15) is 4.79 Å². The van der Waals surface area contributed by atoms with Crippen molar-refractivity contribution in [3.05, 3.63) is 48.6 Å². The van der Waals surface area contributed by atoms with Crippen molar-refractivity contribution in [1.82, 2.24) is 0 Å². The Labute approximate surface area is 136 Å². The van der Waals surface area contributed by atoms with E-state index in [0.717, 1.165) is 22.3 Å². The van der Waals surface area contributed by atoms with Crippen molar-refractivity contribution in [2.75, 3.05) is 13.2 Å². The van der Waals surface area contributed by atoms with Gasteiger partial charge in [-0.2, -0.15) is 0 Å². The summed E-state index contributed by atoms with van der Waals surface area (Å²) >= 11 is 0. The topological polar surface area (TPSA) is 44.8 Å². The van der Waals surface area contributed by atoms with Crippen LogP contribution in [0.3, 0.4) is 0 Å². The van der Waals surface area contributed by atoms with Gasteiger partial charge in [-0.1, -0.05) is 30.8 Å². The Morgan fingerprint density at radius 3 is 2.17 bits per heavy atom. The summed E-state index contributed by atoms with van der Waals surface area (Å²) in [6, 6.07) is 11.7. The third-order valence-electron chi connectivity index (χ3n) is 3.27. The molecule has 0 fully saturated rings. The van der Waals surface area contributed by atoms with Crippen molar-refractivity contribution in [3.8, 4) is 11.5 Å². The number of hydrogen-bond donors (Lipinski definition) is 0. The highest BCUT2D eigenvalue weighted by Gasteiger charge is 2.12. The molecular formula is C19H22O4. The van der Waals surface area contributed by atoms with Crippen LogP contribution in [0.2, 0.25) is 0 Å². The van der Waals surface area contributed by atoms with Gasteiger partial charge in [-0.05, 0) is 32.9 Å². The van der Waals surface area contributed by atoms with Crippen LogP contribution < -0.4 is 9.47 Å². The molecule has 0 bridgehead atoms. The summed E-state index contributed by atoms with van der Waals surface area (Å²) in [5.74, 6) is 1.16.